The van der Waals surface area contributed by atoms with E-state index in [9.17, 15) is 0 Å². The van der Waals surface area contributed by atoms with E-state index in [4.69, 9.17) is 0 Å². The molecule has 0 spiro atoms. The van der Waals surface area contributed by atoms with Crippen LogP contribution in [0.15, 0.2) is 188 Å². The van der Waals surface area contributed by atoms with Crippen molar-refractivity contribution in [1.29, 1.82) is 0 Å². The van der Waals surface area contributed by atoms with Gasteiger partial charge in [0, 0.05) is 37.1 Å². The summed E-state index contributed by atoms with van der Waals surface area (Å²) >= 11 is 1.87. The molecular formula is C46H31NS. The van der Waals surface area contributed by atoms with Gasteiger partial charge in [0.05, 0.1) is 5.69 Å². The highest BCUT2D eigenvalue weighted by atomic mass is 32.1. The van der Waals surface area contributed by atoms with Gasteiger partial charge in [-0.3, -0.25) is 0 Å². The van der Waals surface area contributed by atoms with E-state index in [0.29, 0.717) is 0 Å². The Morgan fingerprint density at radius 3 is 1.62 bits per heavy atom. The smallest absolute Gasteiger partial charge is 0.0540 e. The van der Waals surface area contributed by atoms with Crippen LogP contribution in [0.1, 0.15) is 0 Å². The summed E-state index contributed by atoms with van der Waals surface area (Å²) in [4.78, 5) is 2.42. The number of thiophene rings is 1. The van der Waals surface area contributed by atoms with Crippen molar-refractivity contribution in [2.45, 2.75) is 0 Å². The van der Waals surface area contributed by atoms with E-state index in [2.05, 4.69) is 193 Å². The van der Waals surface area contributed by atoms with Crippen LogP contribution in [-0.4, -0.2) is 0 Å². The molecule has 0 amide bonds. The lowest BCUT2D eigenvalue weighted by Gasteiger charge is -2.28. The van der Waals surface area contributed by atoms with Crippen molar-refractivity contribution >= 4 is 59.3 Å². The van der Waals surface area contributed by atoms with Gasteiger partial charge in [-0.15, -0.1) is 11.3 Å². The minimum absolute atomic E-state index is 1.12. The topological polar surface area (TPSA) is 3.24 Å². The molecule has 0 aliphatic heterocycles. The van der Waals surface area contributed by atoms with Gasteiger partial charge in [0.25, 0.3) is 0 Å². The van der Waals surface area contributed by atoms with Crippen molar-refractivity contribution < 1.29 is 0 Å². The third-order valence-corrected chi connectivity index (χ3v) is 10.4. The Morgan fingerprint density at radius 2 is 0.896 bits per heavy atom. The molecule has 0 aliphatic rings. The summed E-state index contributed by atoms with van der Waals surface area (Å²) in [7, 11) is 0. The number of benzene rings is 8. The van der Waals surface area contributed by atoms with Gasteiger partial charge >= 0.3 is 0 Å². The van der Waals surface area contributed by atoms with Gasteiger partial charge in [0.15, 0.2) is 0 Å². The summed E-state index contributed by atoms with van der Waals surface area (Å²) < 4.78 is 2.64. The molecule has 2 heteroatoms. The summed E-state index contributed by atoms with van der Waals surface area (Å²) in [6.45, 7) is 0. The van der Waals surface area contributed by atoms with Crippen LogP contribution in [0.5, 0.6) is 0 Å². The van der Waals surface area contributed by atoms with Crippen LogP contribution in [0, 0.1) is 0 Å². The van der Waals surface area contributed by atoms with E-state index in [1.165, 1.54) is 64.3 Å². The van der Waals surface area contributed by atoms with Gasteiger partial charge in [-0.05, 0) is 81.1 Å². The summed E-state index contributed by atoms with van der Waals surface area (Å²) in [6.07, 6.45) is 0. The quantitative estimate of drug-likeness (QED) is 0.177. The van der Waals surface area contributed by atoms with E-state index >= 15 is 0 Å². The molecule has 0 saturated carbocycles. The number of anilines is 3. The fraction of sp³-hybridized carbons (Fsp3) is 0. The third-order valence-electron chi connectivity index (χ3n) is 9.28. The highest BCUT2D eigenvalue weighted by Gasteiger charge is 2.19. The van der Waals surface area contributed by atoms with Crippen LogP contribution in [0.25, 0.3) is 64.3 Å². The van der Waals surface area contributed by atoms with Crippen LogP contribution in [0.3, 0.4) is 0 Å². The molecule has 1 aromatic heterocycles. The molecule has 8 aromatic carbocycles. The second-order valence-corrected chi connectivity index (χ2v) is 13.2. The molecule has 0 saturated heterocycles. The first-order chi connectivity index (χ1) is 23.8. The highest BCUT2D eigenvalue weighted by molar-refractivity contribution is 7.26. The summed E-state index contributed by atoms with van der Waals surface area (Å²) in [5, 5.41) is 5.18. The molecule has 0 aliphatic carbocycles. The van der Waals surface area contributed by atoms with Gasteiger partial charge in [-0.2, -0.15) is 0 Å². The molecule has 0 atom stereocenters. The molecule has 48 heavy (non-hydrogen) atoms. The Kier molecular flexibility index (Phi) is 7.07. The lowest BCUT2D eigenvalue weighted by atomic mass is 9.97. The van der Waals surface area contributed by atoms with Crippen LogP contribution in [0.4, 0.5) is 17.1 Å². The van der Waals surface area contributed by atoms with E-state index in [1.54, 1.807) is 0 Å². The molecule has 9 rings (SSSR count). The molecule has 9 aromatic rings. The van der Waals surface area contributed by atoms with Gasteiger partial charge in [0.2, 0.25) is 0 Å². The first kappa shape index (κ1) is 28.3. The van der Waals surface area contributed by atoms with Crippen molar-refractivity contribution in [3.8, 4) is 33.4 Å². The van der Waals surface area contributed by atoms with Crippen molar-refractivity contribution in [2.75, 3.05) is 4.90 Å². The Bertz CT molecular complexity index is 2530. The number of fused-ring (bicyclic) bond motifs is 5. The fourth-order valence-corrected chi connectivity index (χ4v) is 8.04. The van der Waals surface area contributed by atoms with E-state index in [1.807, 2.05) is 11.3 Å². The summed E-state index contributed by atoms with van der Waals surface area (Å²) in [5.41, 5.74) is 10.6. The number of rotatable bonds is 6. The van der Waals surface area contributed by atoms with Gasteiger partial charge in [-0.1, -0.05) is 146 Å². The predicted octanol–water partition coefficient (Wildman–Crippen LogP) is 13.7. The van der Waals surface area contributed by atoms with Crippen LogP contribution in [-0.2, 0) is 0 Å². The van der Waals surface area contributed by atoms with Crippen LogP contribution < -0.4 is 4.90 Å². The molecular weight excluding hydrogens is 599 g/mol. The standard InChI is InChI=1S/C46H31NS/c1-3-11-32(12-4-1)34-19-21-36(22-20-34)40-15-7-9-17-43(40)47(38-27-23-35(24-28-38)33-13-5-2-6-14-33)39-29-25-37-26-30-45-46(42(37)31-39)41-16-8-10-18-44(41)48-45/h1-31H. The maximum absolute atomic E-state index is 2.42. The second-order valence-electron chi connectivity index (χ2n) is 12.2. The lowest BCUT2D eigenvalue weighted by molar-refractivity contribution is 1.29. The highest BCUT2D eigenvalue weighted by Crippen LogP contribution is 2.44. The molecule has 0 radical (unpaired) electrons. The molecule has 0 unspecified atom stereocenters. The monoisotopic (exact) mass is 629 g/mol. The zero-order chi connectivity index (χ0) is 31.9. The first-order valence-corrected chi connectivity index (χ1v) is 17.2. The minimum atomic E-state index is 1.12. The van der Waals surface area contributed by atoms with E-state index in [-0.39, 0.29) is 0 Å². The largest absolute Gasteiger partial charge is 0.310 e. The molecule has 226 valence electrons. The van der Waals surface area contributed by atoms with Gasteiger partial charge < -0.3 is 4.90 Å². The zero-order valence-corrected chi connectivity index (χ0v) is 27.1. The van der Waals surface area contributed by atoms with Crippen LogP contribution in [0.2, 0.25) is 0 Å². The number of hydrogen-bond donors (Lipinski definition) is 0. The number of para-hydroxylation sites is 1. The van der Waals surface area contributed by atoms with Gasteiger partial charge in [0.1, 0.15) is 0 Å². The molecule has 0 bridgehead atoms. The average Bonchev–Trinajstić information content (AvgIpc) is 3.56. The average molecular weight is 630 g/mol. The maximum atomic E-state index is 2.42. The van der Waals surface area contributed by atoms with E-state index < -0.39 is 0 Å². The minimum Gasteiger partial charge on any atom is -0.310 e. The lowest BCUT2D eigenvalue weighted by Crippen LogP contribution is -2.11. The molecule has 0 N–H and O–H groups in total. The summed E-state index contributed by atoms with van der Waals surface area (Å²) in [6, 6.07) is 68.1. The summed E-state index contributed by atoms with van der Waals surface area (Å²) in [5.74, 6) is 0. The van der Waals surface area contributed by atoms with Crippen molar-refractivity contribution in [3.05, 3.63) is 188 Å². The van der Waals surface area contributed by atoms with Crippen LogP contribution >= 0.6 is 11.3 Å². The van der Waals surface area contributed by atoms with Gasteiger partial charge in [-0.25, -0.2) is 0 Å². The Morgan fingerprint density at radius 1 is 0.354 bits per heavy atom. The normalized spacial score (nSPS) is 11.3. The SMILES string of the molecule is c1ccc(-c2ccc(-c3ccccc3N(c3ccc(-c4ccccc4)cc3)c3ccc4ccc5sc6ccccc6c5c4c3)cc2)cc1. The van der Waals surface area contributed by atoms with Crippen molar-refractivity contribution in [3.63, 3.8) is 0 Å². The Labute approximate surface area is 284 Å². The molecule has 0 fully saturated rings. The van der Waals surface area contributed by atoms with E-state index in [0.717, 1.165) is 17.1 Å². The third kappa shape index (κ3) is 5.04. The Hall–Kier alpha value is -5.96. The predicted molar refractivity (Wildman–Crippen MR) is 208 cm³/mol. The first-order valence-electron chi connectivity index (χ1n) is 16.3. The molecule has 1 nitrogen and oxygen atoms in total. The number of nitrogens with zero attached hydrogens (tertiary/aromatic N) is 1. The van der Waals surface area contributed by atoms with Crippen molar-refractivity contribution in [2.24, 2.45) is 0 Å². The zero-order valence-electron chi connectivity index (χ0n) is 26.3. The van der Waals surface area contributed by atoms with Crippen molar-refractivity contribution in [1.82, 2.24) is 0 Å². The second kappa shape index (κ2) is 12.0. The molecule has 1 heterocycles. The number of hydrogen-bond acceptors (Lipinski definition) is 2. The Balaban J connectivity index is 1.23. The fourth-order valence-electron chi connectivity index (χ4n) is 6.92. The maximum Gasteiger partial charge on any atom is 0.0540 e.